The third kappa shape index (κ3) is 3.61. The molecular formula is C13H15N3OS2. The smallest absolute Gasteiger partial charge is 0.206 e. The van der Waals surface area contributed by atoms with E-state index in [9.17, 15) is 0 Å². The molecule has 3 rings (SSSR count). The third-order valence-corrected chi connectivity index (χ3v) is 4.87. The molecule has 0 spiro atoms. The number of benzene rings is 1. The van der Waals surface area contributed by atoms with Crippen molar-refractivity contribution in [3.8, 4) is 5.75 Å². The average molecular weight is 293 g/mol. The Balaban J connectivity index is 1.56. The van der Waals surface area contributed by atoms with E-state index in [0.29, 0.717) is 6.04 Å². The van der Waals surface area contributed by atoms with Crippen LogP contribution in [0.4, 0.5) is 5.13 Å². The first-order chi connectivity index (χ1) is 9.33. The number of nitrogens with one attached hydrogen (secondary N) is 1. The Labute approximate surface area is 120 Å². The van der Waals surface area contributed by atoms with Crippen LogP contribution >= 0.6 is 23.1 Å². The molecule has 1 fully saturated rings. The van der Waals surface area contributed by atoms with E-state index in [4.69, 9.17) is 4.74 Å². The summed E-state index contributed by atoms with van der Waals surface area (Å²) in [6.07, 6.45) is 2.51. The van der Waals surface area contributed by atoms with Gasteiger partial charge in [-0.25, -0.2) is 0 Å². The number of methoxy groups -OCH3 is 1. The van der Waals surface area contributed by atoms with Gasteiger partial charge in [-0.1, -0.05) is 35.2 Å². The second kappa shape index (κ2) is 5.79. The Kier molecular flexibility index (Phi) is 3.89. The van der Waals surface area contributed by atoms with E-state index in [-0.39, 0.29) is 0 Å². The van der Waals surface area contributed by atoms with Crippen LogP contribution in [-0.4, -0.2) is 23.3 Å². The first-order valence-electron chi connectivity index (χ1n) is 6.19. The van der Waals surface area contributed by atoms with E-state index in [1.54, 1.807) is 30.2 Å². The summed E-state index contributed by atoms with van der Waals surface area (Å²) in [5.41, 5.74) is 1.23. The number of nitrogens with zero attached hydrogens (tertiary/aromatic N) is 2. The fourth-order valence-corrected chi connectivity index (χ4v) is 3.41. The lowest BCUT2D eigenvalue weighted by Crippen LogP contribution is -1.99. The number of anilines is 1. The normalized spacial score (nSPS) is 14.4. The minimum atomic E-state index is 0.629. The SMILES string of the molecule is COc1cccc(CSc2nnc(NC3CC3)s2)c1. The van der Waals surface area contributed by atoms with Gasteiger partial charge in [0.15, 0.2) is 4.34 Å². The minimum Gasteiger partial charge on any atom is -0.497 e. The molecule has 6 heteroatoms. The monoisotopic (exact) mass is 293 g/mol. The Hall–Kier alpha value is -1.27. The molecule has 1 aliphatic carbocycles. The second-order valence-electron chi connectivity index (χ2n) is 4.43. The van der Waals surface area contributed by atoms with Crippen LogP contribution in [0.5, 0.6) is 5.75 Å². The van der Waals surface area contributed by atoms with E-state index in [1.807, 2.05) is 12.1 Å². The van der Waals surface area contributed by atoms with Crippen molar-refractivity contribution in [2.24, 2.45) is 0 Å². The fourth-order valence-electron chi connectivity index (χ4n) is 1.64. The molecule has 4 nitrogen and oxygen atoms in total. The zero-order valence-corrected chi connectivity index (χ0v) is 12.3. The Morgan fingerprint density at radius 2 is 2.32 bits per heavy atom. The molecule has 1 saturated carbocycles. The molecule has 2 aromatic rings. The predicted molar refractivity (Wildman–Crippen MR) is 79.1 cm³/mol. The summed E-state index contributed by atoms with van der Waals surface area (Å²) in [7, 11) is 1.69. The highest BCUT2D eigenvalue weighted by Gasteiger charge is 2.22. The van der Waals surface area contributed by atoms with Gasteiger partial charge in [0.2, 0.25) is 5.13 Å². The van der Waals surface area contributed by atoms with Crippen molar-refractivity contribution < 1.29 is 4.74 Å². The van der Waals surface area contributed by atoms with Gasteiger partial charge in [-0.15, -0.1) is 10.2 Å². The highest BCUT2D eigenvalue weighted by atomic mass is 32.2. The van der Waals surface area contributed by atoms with E-state index < -0.39 is 0 Å². The summed E-state index contributed by atoms with van der Waals surface area (Å²) in [5, 5.41) is 12.7. The number of ether oxygens (including phenoxy) is 1. The third-order valence-electron chi connectivity index (χ3n) is 2.81. The maximum absolute atomic E-state index is 5.22. The quantitative estimate of drug-likeness (QED) is 0.827. The summed E-state index contributed by atoms with van der Waals surface area (Å²) in [5.74, 6) is 1.78. The summed E-state index contributed by atoms with van der Waals surface area (Å²) >= 11 is 3.34. The molecule has 1 aromatic carbocycles. The van der Waals surface area contributed by atoms with Crippen molar-refractivity contribution in [3.63, 3.8) is 0 Å². The first-order valence-corrected chi connectivity index (χ1v) is 7.99. The average Bonchev–Trinajstić information content (AvgIpc) is 3.14. The molecule has 1 aromatic heterocycles. The van der Waals surface area contributed by atoms with Gasteiger partial charge < -0.3 is 10.1 Å². The number of thioether (sulfide) groups is 1. The molecule has 19 heavy (non-hydrogen) atoms. The molecule has 0 aliphatic heterocycles. The van der Waals surface area contributed by atoms with Crippen molar-refractivity contribution in [2.75, 3.05) is 12.4 Å². The van der Waals surface area contributed by atoms with Crippen LogP contribution in [0.2, 0.25) is 0 Å². The molecule has 0 atom stereocenters. The highest BCUT2D eigenvalue weighted by Crippen LogP contribution is 2.31. The standard InChI is InChI=1S/C13H15N3OS2/c1-17-11-4-2-3-9(7-11)8-18-13-16-15-12(19-13)14-10-5-6-10/h2-4,7,10H,5-6,8H2,1H3,(H,14,15). The van der Waals surface area contributed by atoms with Gasteiger partial charge in [-0.05, 0) is 30.5 Å². The van der Waals surface area contributed by atoms with Gasteiger partial charge in [0.05, 0.1) is 7.11 Å². The Morgan fingerprint density at radius 1 is 1.42 bits per heavy atom. The number of aromatic nitrogens is 2. The van der Waals surface area contributed by atoms with E-state index in [1.165, 1.54) is 18.4 Å². The lowest BCUT2D eigenvalue weighted by atomic mass is 10.2. The Morgan fingerprint density at radius 3 is 3.11 bits per heavy atom. The molecule has 0 saturated heterocycles. The van der Waals surface area contributed by atoms with Crippen molar-refractivity contribution >= 4 is 28.2 Å². The van der Waals surface area contributed by atoms with Crippen LogP contribution in [0.25, 0.3) is 0 Å². The van der Waals surface area contributed by atoms with E-state index in [0.717, 1.165) is 21.0 Å². The van der Waals surface area contributed by atoms with Crippen LogP contribution in [0, 0.1) is 0 Å². The lowest BCUT2D eigenvalue weighted by Gasteiger charge is -2.02. The Bertz CT molecular complexity index is 554. The molecule has 0 amide bonds. The topological polar surface area (TPSA) is 47.0 Å². The second-order valence-corrected chi connectivity index (χ2v) is 6.63. The fraction of sp³-hybridized carbons (Fsp3) is 0.385. The highest BCUT2D eigenvalue weighted by molar-refractivity contribution is 8.00. The predicted octanol–water partition coefficient (Wildman–Crippen LogP) is 3.41. The van der Waals surface area contributed by atoms with E-state index in [2.05, 4.69) is 27.6 Å². The maximum atomic E-state index is 5.22. The van der Waals surface area contributed by atoms with Crippen LogP contribution < -0.4 is 10.1 Å². The van der Waals surface area contributed by atoms with Crippen LogP contribution in [0.1, 0.15) is 18.4 Å². The summed E-state index contributed by atoms with van der Waals surface area (Å²) in [4.78, 5) is 0. The van der Waals surface area contributed by atoms with Crippen LogP contribution in [0.3, 0.4) is 0 Å². The van der Waals surface area contributed by atoms with Gasteiger partial charge in [0, 0.05) is 11.8 Å². The molecule has 1 N–H and O–H groups in total. The molecule has 0 radical (unpaired) electrons. The molecular weight excluding hydrogens is 278 g/mol. The van der Waals surface area contributed by atoms with Crippen molar-refractivity contribution in [3.05, 3.63) is 29.8 Å². The largest absolute Gasteiger partial charge is 0.497 e. The lowest BCUT2D eigenvalue weighted by molar-refractivity contribution is 0.414. The molecule has 100 valence electrons. The number of rotatable bonds is 6. The zero-order chi connectivity index (χ0) is 13.1. The van der Waals surface area contributed by atoms with Gasteiger partial charge in [-0.2, -0.15) is 0 Å². The molecule has 0 bridgehead atoms. The summed E-state index contributed by atoms with van der Waals surface area (Å²) < 4.78 is 6.22. The van der Waals surface area contributed by atoms with Gasteiger partial charge in [-0.3, -0.25) is 0 Å². The van der Waals surface area contributed by atoms with Gasteiger partial charge in [0.25, 0.3) is 0 Å². The maximum Gasteiger partial charge on any atom is 0.206 e. The number of hydrogen-bond acceptors (Lipinski definition) is 6. The van der Waals surface area contributed by atoms with Crippen LogP contribution in [0.15, 0.2) is 28.6 Å². The van der Waals surface area contributed by atoms with Gasteiger partial charge >= 0.3 is 0 Å². The van der Waals surface area contributed by atoms with Crippen molar-refractivity contribution in [1.29, 1.82) is 0 Å². The summed E-state index contributed by atoms with van der Waals surface area (Å²) in [6, 6.07) is 8.74. The first kappa shape index (κ1) is 12.7. The zero-order valence-electron chi connectivity index (χ0n) is 10.6. The molecule has 1 heterocycles. The van der Waals surface area contributed by atoms with Crippen molar-refractivity contribution in [1.82, 2.24) is 10.2 Å². The van der Waals surface area contributed by atoms with Crippen LogP contribution in [-0.2, 0) is 5.75 Å². The summed E-state index contributed by atoms with van der Waals surface area (Å²) in [6.45, 7) is 0. The molecule has 1 aliphatic rings. The minimum absolute atomic E-state index is 0.629. The van der Waals surface area contributed by atoms with Crippen molar-refractivity contribution in [2.45, 2.75) is 29.0 Å². The number of hydrogen-bond donors (Lipinski definition) is 1. The van der Waals surface area contributed by atoms with Gasteiger partial charge in [0.1, 0.15) is 5.75 Å². The molecule has 0 unspecified atom stereocenters. The van der Waals surface area contributed by atoms with E-state index >= 15 is 0 Å².